The van der Waals surface area contributed by atoms with E-state index in [4.69, 9.17) is 31.9 Å². The summed E-state index contributed by atoms with van der Waals surface area (Å²) in [6, 6.07) is 15.1. The SMILES string of the molecule is Cc1nc(-c2ccc(C3SCCS3)cc2)ncc1C(=O)N[C@@H](CCN)C(=O)N(C)[C@@H]1C(=O)N[C@@H](C)C(=O)N[C@H](C(=O)NCC#N)Cc2ccc(OCCN)c(c2)-c2cc1ccc2OCCN. The molecule has 0 radical (unpaired) electrons. The third kappa shape index (κ3) is 12.0. The minimum Gasteiger partial charge on any atom is -0.492 e. The number of thioether (sulfide) groups is 2. The highest BCUT2D eigenvalue weighted by Gasteiger charge is 2.36. The van der Waals surface area contributed by atoms with Crippen LogP contribution in [0.1, 0.15) is 56.7 Å². The molecule has 1 fully saturated rings. The topological polar surface area (TPSA) is 283 Å². The van der Waals surface area contributed by atoms with Crippen LogP contribution in [0.25, 0.3) is 22.5 Å². The smallest absolute Gasteiger partial charge is 0.255 e. The average molecular weight is 938 g/mol. The van der Waals surface area contributed by atoms with Crippen molar-refractivity contribution in [1.82, 2.24) is 36.1 Å². The second-order valence-corrected chi connectivity index (χ2v) is 18.3. The van der Waals surface area contributed by atoms with Crippen LogP contribution in [0.3, 0.4) is 0 Å². The van der Waals surface area contributed by atoms with Crippen LogP contribution in [-0.2, 0) is 25.6 Å². The molecule has 66 heavy (non-hydrogen) atoms. The lowest BCUT2D eigenvalue weighted by Gasteiger charge is -2.32. The van der Waals surface area contributed by atoms with Gasteiger partial charge in [0.1, 0.15) is 55.4 Å². The summed E-state index contributed by atoms with van der Waals surface area (Å²) in [4.78, 5) is 80.5. The zero-order valence-electron chi connectivity index (χ0n) is 37.0. The van der Waals surface area contributed by atoms with E-state index in [-0.39, 0.29) is 57.8 Å². The van der Waals surface area contributed by atoms with Crippen LogP contribution in [0, 0.1) is 18.3 Å². The van der Waals surface area contributed by atoms with Gasteiger partial charge in [-0.15, -0.1) is 23.5 Å². The molecule has 4 atom stereocenters. The molecule has 0 saturated carbocycles. The molecular formula is C46H55N11O7S2. The van der Waals surface area contributed by atoms with Gasteiger partial charge in [0.25, 0.3) is 5.91 Å². The van der Waals surface area contributed by atoms with Gasteiger partial charge < -0.3 is 52.8 Å². The number of hydrogen-bond acceptors (Lipinski definition) is 15. The standard InChI is InChI=1S/C46H55N11O7S2/c1-26-34(25-52-40(53-26)29-5-7-30(8-6-29)46-65-20-21-66-46)42(59)55-35(12-13-47)45(62)57(3)39-31-9-11-38(64-19-16-50)33(24-31)32-22-28(4-10-37(32)63-18-15-49)23-36(43(60)51-17-14-48)56-41(58)27(2)54-44(39)61/h4-11,22,24-25,27,35-36,39,46H,12-13,15-21,23,47,49-50H2,1-3H3,(H,51,60)(H,54,61)(H,55,59)(H,56,58)/t27-,35-,36-,39-/m0/s1. The van der Waals surface area contributed by atoms with E-state index in [1.165, 1.54) is 30.6 Å². The lowest BCUT2D eigenvalue weighted by Crippen LogP contribution is -2.56. The summed E-state index contributed by atoms with van der Waals surface area (Å²) in [7, 11) is 1.42. The molecule has 4 bridgehead atoms. The molecule has 3 heterocycles. The van der Waals surface area contributed by atoms with Crippen molar-refractivity contribution in [3.8, 4) is 40.1 Å². The number of aryl methyl sites for hydroxylation is 1. The lowest BCUT2D eigenvalue weighted by molar-refractivity contribution is -0.141. The van der Waals surface area contributed by atoms with Gasteiger partial charge in [-0.1, -0.05) is 36.4 Å². The average Bonchev–Trinajstić information content (AvgIpc) is 3.87. The number of carbonyl (C=O) groups is 5. The summed E-state index contributed by atoms with van der Waals surface area (Å²) in [6.45, 7) is 3.50. The Bertz CT molecular complexity index is 2450. The number of benzene rings is 3. The molecule has 0 aliphatic carbocycles. The van der Waals surface area contributed by atoms with Crippen LogP contribution in [0.5, 0.6) is 11.5 Å². The minimum absolute atomic E-state index is 0.00321. The fraction of sp³-hybridized carbons (Fsp3) is 0.391. The molecule has 20 heteroatoms. The molecule has 0 spiro atoms. The number of hydrogen-bond donors (Lipinski definition) is 7. The summed E-state index contributed by atoms with van der Waals surface area (Å²) in [5.74, 6) is 0.104. The highest BCUT2D eigenvalue weighted by Crippen LogP contribution is 2.45. The van der Waals surface area contributed by atoms with Crippen molar-refractivity contribution >= 4 is 53.1 Å². The van der Waals surface area contributed by atoms with Crippen LogP contribution in [0.15, 0.2) is 66.9 Å². The van der Waals surface area contributed by atoms with E-state index in [1.54, 1.807) is 43.3 Å². The normalized spacial score (nSPS) is 17.9. The maximum atomic E-state index is 14.7. The molecule has 3 aromatic carbocycles. The van der Waals surface area contributed by atoms with E-state index in [0.717, 1.165) is 17.1 Å². The number of fused-ring (bicyclic) bond motifs is 5. The van der Waals surface area contributed by atoms with E-state index in [1.807, 2.05) is 41.7 Å². The van der Waals surface area contributed by atoms with Crippen molar-refractivity contribution in [1.29, 1.82) is 5.26 Å². The minimum atomic E-state index is -1.40. The number of ether oxygens (including phenoxy) is 2. The molecule has 0 unspecified atom stereocenters. The van der Waals surface area contributed by atoms with E-state index in [2.05, 4.69) is 43.4 Å². The van der Waals surface area contributed by atoms with E-state index in [9.17, 15) is 24.0 Å². The highest BCUT2D eigenvalue weighted by molar-refractivity contribution is 8.19. The number of rotatable bonds is 16. The summed E-state index contributed by atoms with van der Waals surface area (Å²) in [5, 5.41) is 19.9. The Labute approximate surface area is 391 Å². The van der Waals surface area contributed by atoms with Gasteiger partial charge in [0.2, 0.25) is 23.6 Å². The Morgan fingerprint density at radius 3 is 2.20 bits per heavy atom. The number of aromatic nitrogens is 2. The first-order valence-electron chi connectivity index (χ1n) is 21.5. The third-order valence-electron chi connectivity index (χ3n) is 10.9. The van der Waals surface area contributed by atoms with Gasteiger partial charge in [0.15, 0.2) is 5.82 Å². The number of amides is 5. The van der Waals surface area contributed by atoms with Crippen molar-refractivity contribution in [2.45, 2.75) is 55.4 Å². The molecule has 6 rings (SSSR count). The number of nitrogens with one attached hydrogen (secondary N) is 4. The van der Waals surface area contributed by atoms with Crippen LogP contribution >= 0.6 is 23.5 Å². The van der Waals surface area contributed by atoms with Gasteiger partial charge in [0.05, 0.1) is 21.9 Å². The Balaban J connectivity index is 1.35. The van der Waals surface area contributed by atoms with Crippen LogP contribution in [0.2, 0.25) is 0 Å². The van der Waals surface area contributed by atoms with Crippen molar-refractivity contribution in [3.63, 3.8) is 0 Å². The molecule has 4 aromatic rings. The predicted molar refractivity (Wildman–Crippen MR) is 253 cm³/mol. The van der Waals surface area contributed by atoms with E-state index < -0.39 is 53.7 Å². The summed E-state index contributed by atoms with van der Waals surface area (Å²) >= 11 is 3.83. The van der Waals surface area contributed by atoms with Gasteiger partial charge in [-0.3, -0.25) is 24.0 Å². The summed E-state index contributed by atoms with van der Waals surface area (Å²) < 4.78 is 12.6. The molecular weight excluding hydrogens is 883 g/mol. The zero-order chi connectivity index (χ0) is 47.3. The number of nitrogens with zero attached hydrogens (tertiary/aromatic N) is 4. The molecule has 5 amide bonds. The quantitative estimate of drug-likeness (QED) is 0.0793. The second-order valence-electron chi connectivity index (χ2n) is 15.6. The molecule has 2 aliphatic rings. The summed E-state index contributed by atoms with van der Waals surface area (Å²) in [6.07, 6.45) is 1.43. The number of likely N-dealkylation sites (N-methyl/N-ethyl adjacent to an activating group) is 1. The van der Waals surface area contributed by atoms with E-state index >= 15 is 0 Å². The molecule has 1 aromatic heterocycles. The number of nitriles is 1. The van der Waals surface area contributed by atoms with Gasteiger partial charge >= 0.3 is 0 Å². The number of carbonyl (C=O) groups excluding carboxylic acids is 5. The molecule has 2 aliphatic heterocycles. The molecule has 18 nitrogen and oxygen atoms in total. The van der Waals surface area contributed by atoms with Crippen LogP contribution < -0.4 is 47.9 Å². The fourth-order valence-corrected chi connectivity index (χ4v) is 10.4. The summed E-state index contributed by atoms with van der Waals surface area (Å²) in [5.41, 5.74) is 22.1. The second kappa shape index (κ2) is 23.3. The van der Waals surface area contributed by atoms with Crippen LogP contribution in [0.4, 0.5) is 0 Å². The predicted octanol–water partition coefficient (Wildman–Crippen LogP) is 2.10. The first-order chi connectivity index (χ1) is 31.9. The molecule has 10 N–H and O–H groups in total. The van der Waals surface area contributed by atoms with Gasteiger partial charge in [0, 0.05) is 61.0 Å². The van der Waals surface area contributed by atoms with Crippen molar-refractivity contribution in [3.05, 3.63) is 94.8 Å². The Morgan fingerprint density at radius 2 is 1.56 bits per heavy atom. The van der Waals surface area contributed by atoms with Crippen molar-refractivity contribution in [2.24, 2.45) is 17.2 Å². The lowest BCUT2D eigenvalue weighted by atomic mass is 9.93. The highest BCUT2D eigenvalue weighted by atomic mass is 32.2. The Morgan fingerprint density at radius 1 is 0.909 bits per heavy atom. The van der Waals surface area contributed by atoms with Crippen LogP contribution in [-0.4, -0.2) is 120 Å². The van der Waals surface area contributed by atoms with Gasteiger partial charge in [-0.25, -0.2) is 9.97 Å². The number of nitrogens with two attached hydrogens (primary N) is 3. The zero-order valence-corrected chi connectivity index (χ0v) is 38.6. The first-order valence-corrected chi connectivity index (χ1v) is 23.6. The van der Waals surface area contributed by atoms with Crippen molar-refractivity contribution in [2.75, 3.05) is 57.9 Å². The first kappa shape index (κ1) is 49.2. The van der Waals surface area contributed by atoms with Crippen molar-refractivity contribution < 1.29 is 33.4 Å². The maximum absolute atomic E-state index is 14.7. The molecule has 348 valence electrons. The maximum Gasteiger partial charge on any atom is 0.255 e. The van der Waals surface area contributed by atoms with Gasteiger partial charge in [-0.05, 0) is 67.8 Å². The largest absolute Gasteiger partial charge is 0.492 e. The Kier molecular flexibility index (Phi) is 17.4. The third-order valence-corrected chi connectivity index (χ3v) is 14.0. The monoisotopic (exact) mass is 937 g/mol. The molecule has 1 saturated heterocycles. The van der Waals surface area contributed by atoms with Gasteiger partial charge in [-0.2, -0.15) is 5.26 Å². The fourth-order valence-electron chi connectivity index (χ4n) is 7.53. The Hall–Kier alpha value is -6.24. The van der Waals surface area contributed by atoms with E-state index in [0.29, 0.717) is 49.9 Å².